The van der Waals surface area contributed by atoms with Gasteiger partial charge in [0.25, 0.3) is 0 Å². The molecule has 142 valence electrons. The molecule has 0 saturated carbocycles. The van der Waals surface area contributed by atoms with Crippen LogP contribution in [-0.2, 0) is 15.3 Å². The van der Waals surface area contributed by atoms with Crippen LogP contribution in [0.5, 0.6) is 5.75 Å². The fourth-order valence-electron chi connectivity index (χ4n) is 2.81. The molecule has 1 heterocycles. The SMILES string of the molecule is CC(=O)N1N=C(COc2ccc(Cl)cc2C)O[C@]1(C)c1ccc(Cl)c(Cl)c1. The standard InChI is InChI=1S/C19H17Cl3N2O3/c1-11-8-14(20)5-7-17(11)26-10-18-23-24(12(2)25)19(3,27-18)13-4-6-15(21)16(22)9-13/h4-9H,10H2,1-3H3/t19-/m1/s1. The minimum atomic E-state index is -1.15. The molecule has 0 N–H and O–H groups in total. The molecule has 0 fully saturated rings. The van der Waals surface area contributed by atoms with Gasteiger partial charge in [-0.2, -0.15) is 5.01 Å². The molecule has 2 aromatic carbocycles. The van der Waals surface area contributed by atoms with E-state index < -0.39 is 5.72 Å². The molecule has 1 aliphatic rings. The van der Waals surface area contributed by atoms with Crippen LogP contribution < -0.4 is 4.74 Å². The first-order valence-electron chi connectivity index (χ1n) is 8.12. The van der Waals surface area contributed by atoms with Gasteiger partial charge in [-0.3, -0.25) is 4.79 Å². The van der Waals surface area contributed by atoms with Crippen LogP contribution in [0.2, 0.25) is 15.1 Å². The number of carbonyl (C=O) groups is 1. The average molecular weight is 428 g/mol. The van der Waals surface area contributed by atoms with Gasteiger partial charge in [0.1, 0.15) is 5.75 Å². The van der Waals surface area contributed by atoms with Gasteiger partial charge in [0.2, 0.25) is 17.5 Å². The van der Waals surface area contributed by atoms with Crippen molar-refractivity contribution < 1.29 is 14.3 Å². The summed E-state index contributed by atoms with van der Waals surface area (Å²) in [7, 11) is 0. The van der Waals surface area contributed by atoms with Gasteiger partial charge in [0.15, 0.2) is 6.61 Å². The lowest BCUT2D eigenvalue weighted by molar-refractivity contribution is -0.146. The number of aryl methyl sites for hydroxylation is 1. The summed E-state index contributed by atoms with van der Waals surface area (Å²) in [5.74, 6) is 0.651. The molecule has 0 spiro atoms. The van der Waals surface area contributed by atoms with Crippen molar-refractivity contribution in [3.8, 4) is 5.75 Å². The quantitative estimate of drug-likeness (QED) is 0.656. The fraction of sp³-hybridized carbons (Fsp3) is 0.263. The summed E-state index contributed by atoms with van der Waals surface area (Å²) in [5, 5.41) is 6.96. The minimum Gasteiger partial charge on any atom is -0.484 e. The Balaban J connectivity index is 1.83. The molecule has 5 nitrogen and oxygen atoms in total. The predicted molar refractivity (Wildman–Crippen MR) is 107 cm³/mol. The smallest absolute Gasteiger partial charge is 0.247 e. The topological polar surface area (TPSA) is 51.1 Å². The summed E-state index contributed by atoms with van der Waals surface area (Å²) in [5.41, 5.74) is 0.388. The zero-order valence-corrected chi connectivity index (χ0v) is 17.2. The summed E-state index contributed by atoms with van der Waals surface area (Å²) >= 11 is 18.1. The van der Waals surface area contributed by atoms with Gasteiger partial charge in [0, 0.05) is 24.4 Å². The highest BCUT2D eigenvalue weighted by atomic mass is 35.5. The molecule has 27 heavy (non-hydrogen) atoms. The van der Waals surface area contributed by atoms with E-state index >= 15 is 0 Å². The lowest BCUT2D eigenvalue weighted by Gasteiger charge is -2.31. The average Bonchev–Trinajstić information content (AvgIpc) is 2.95. The van der Waals surface area contributed by atoms with Crippen LogP contribution in [0.15, 0.2) is 41.5 Å². The number of halogens is 3. The van der Waals surface area contributed by atoms with Crippen LogP contribution in [0, 0.1) is 6.92 Å². The molecule has 2 aromatic rings. The van der Waals surface area contributed by atoms with Gasteiger partial charge in [-0.1, -0.05) is 40.9 Å². The highest BCUT2D eigenvalue weighted by molar-refractivity contribution is 6.42. The number of benzene rings is 2. The molecule has 0 aromatic heterocycles. The molecule has 8 heteroatoms. The van der Waals surface area contributed by atoms with E-state index in [9.17, 15) is 4.79 Å². The zero-order valence-electron chi connectivity index (χ0n) is 14.9. The number of hydrazone groups is 1. The van der Waals surface area contributed by atoms with E-state index in [0.29, 0.717) is 26.4 Å². The Labute approximate surface area is 172 Å². The number of amides is 1. The third-order valence-electron chi connectivity index (χ3n) is 4.17. The summed E-state index contributed by atoms with van der Waals surface area (Å²) in [6.45, 7) is 5.09. The monoisotopic (exact) mass is 426 g/mol. The molecule has 0 saturated heterocycles. The summed E-state index contributed by atoms with van der Waals surface area (Å²) < 4.78 is 11.8. The number of nitrogens with zero attached hydrogens (tertiary/aromatic N) is 2. The molecular formula is C19H17Cl3N2O3. The van der Waals surface area contributed by atoms with Crippen molar-refractivity contribution in [3.05, 3.63) is 62.6 Å². The Morgan fingerprint density at radius 3 is 2.56 bits per heavy atom. The molecule has 0 radical (unpaired) electrons. The van der Waals surface area contributed by atoms with Crippen molar-refractivity contribution >= 4 is 46.6 Å². The molecule has 1 atom stereocenters. The molecule has 0 aliphatic carbocycles. The minimum absolute atomic E-state index is 0.0587. The number of carbonyl (C=O) groups excluding carboxylic acids is 1. The molecular weight excluding hydrogens is 411 g/mol. The Morgan fingerprint density at radius 1 is 1.19 bits per heavy atom. The first-order valence-corrected chi connectivity index (χ1v) is 9.26. The van der Waals surface area contributed by atoms with Gasteiger partial charge < -0.3 is 9.47 Å². The number of ether oxygens (including phenoxy) is 2. The predicted octanol–water partition coefficient (Wildman–Crippen LogP) is 5.40. The van der Waals surface area contributed by atoms with Crippen LogP contribution >= 0.6 is 34.8 Å². The zero-order chi connectivity index (χ0) is 19.8. The lowest BCUT2D eigenvalue weighted by Crippen LogP contribution is -2.41. The van der Waals surface area contributed by atoms with Crippen molar-refractivity contribution in [2.45, 2.75) is 26.5 Å². The van der Waals surface area contributed by atoms with Crippen LogP contribution in [0.4, 0.5) is 0 Å². The molecule has 0 bridgehead atoms. The second-order valence-corrected chi connectivity index (χ2v) is 7.49. The van der Waals surface area contributed by atoms with E-state index in [0.717, 1.165) is 5.56 Å². The summed E-state index contributed by atoms with van der Waals surface area (Å²) in [6.07, 6.45) is 0. The van der Waals surface area contributed by atoms with E-state index in [1.807, 2.05) is 6.92 Å². The second-order valence-electron chi connectivity index (χ2n) is 6.24. The van der Waals surface area contributed by atoms with Crippen molar-refractivity contribution in [1.82, 2.24) is 5.01 Å². The maximum Gasteiger partial charge on any atom is 0.247 e. The van der Waals surface area contributed by atoms with Crippen LogP contribution in [0.3, 0.4) is 0 Å². The summed E-state index contributed by atoms with van der Waals surface area (Å²) in [6, 6.07) is 10.4. The van der Waals surface area contributed by atoms with E-state index in [2.05, 4.69) is 5.10 Å². The normalized spacial score (nSPS) is 18.9. The van der Waals surface area contributed by atoms with Gasteiger partial charge in [-0.25, -0.2) is 0 Å². The van der Waals surface area contributed by atoms with E-state index in [1.54, 1.807) is 43.3 Å². The van der Waals surface area contributed by atoms with Gasteiger partial charge in [-0.15, -0.1) is 5.10 Å². The molecule has 1 amide bonds. The first-order chi connectivity index (χ1) is 12.7. The van der Waals surface area contributed by atoms with E-state index in [-0.39, 0.29) is 18.4 Å². The number of hydrogen-bond acceptors (Lipinski definition) is 4. The largest absolute Gasteiger partial charge is 0.484 e. The summed E-state index contributed by atoms with van der Waals surface area (Å²) in [4.78, 5) is 12.1. The number of rotatable bonds is 4. The fourth-order valence-corrected chi connectivity index (χ4v) is 3.33. The van der Waals surface area contributed by atoms with E-state index in [1.165, 1.54) is 11.9 Å². The van der Waals surface area contributed by atoms with Crippen molar-refractivity contribution in [1.29, 1.82) is 0 Å². The third-order valence-corrected chi connectivity index (χ3v) is 5.15. The van der Waals surface area contributed by atoms with Gasteiger partial charge >= 0.3 is 0 Å². The highest BCUT2D eigenvalue weighted by Gasteiger charge is 2.45. The van der Waals surface area contributed by atoms with Crippen LogP contribution in [0.25, 0.3) is 0 Å². The van der Waals surface area contributed by atoms with Crippen molar-refractivity contribution in [3.63, 3.8) is 0 Å². The van der Waals surface area contributed by atoms with Crippen LogP contribution in [0.1, 0.15) is 25.0 Å². The molecule has 0 unspecified atom stereocenters. The Hall–Kier alpha value is -1.95. The van der Waals surface area contributed by atoms with Crippen molar-refractivity contribution in [2.24, 2.45) is 5.10 Å². The first kappa shape index (κ1) is 19.8. The van der Waals surface area contributed by atoms with Gasteiger partial charge in [0.05, 0.1) is 10.0 Å². The van der Waals surface area contributed by atoms with Crippen molar-refractivity contribution in [2.75, 3.05) is 6.61 Å². The Morgan fingerprint density at radius 2 is 1.93 bits per heavy atom. The van der Waals surface area contributed by atoms with Crippen LogP contribution in [-0.4, -0.2) is 23.4 Å². The Bertz CT molecular complexity index is 932. The maximum atomic E-state index is 12.1. The maximum absolute atomic E-state index is 12.1. The lowest BCUT2D eigenvalue weighted by atomic mass is 10.0. The number of hydrogen-bond donors (Lipinski definition) is 0. The molecule has 3 rings (SSSR count). The molecule has 1 aliphatic heterocycles. The Kier molecular flexibility index (Phi) is 5.56. The van der Waals surface area contributed by atoms with Gasteiger partial charge in [-0.05, 0) is 42.8 Å². The second kappa shape index (κ2) is 7.58. The third kappa shape index (κ3) is 4.00. The highest BCUT2D eigenvalue weighted by Crippen LogP contribution is 2.37. The van der Waals surface area contributed by atoms with E-state index in [4.69, 9.17) is 44.3 Å².